The highest BCUT2D eigenvalue weighted by atomic mass is 28.4. The number of rotatable bonds is 7. The van der Waals surface area contributed by atoms with Gasteiger partial charge in [0.05, 0.1) is 0 Å². The van der Waals surface area contributed by atoms with Crippen LogP contribution in [0.4, 0.5) is 0 Å². The summed E-state index contributed by atoms with van der Waals surface area (Å²) in [4.78, 5) is 11.9. The normalized spacial score (nSPS) is 13.0. The lowest BCUT2D eigenvalue weighted by Crippen LogP contribution is -2.50. The zero-order valence-corrected chi connectivity index (χ0v) is 11.1. The van der Waals surface area contributed by atoms with Gasteiger partial charge in [0, 0.05) is 21.3 Å². The molecule has 15 heavy (non-hydrogen) atoms. The van der Waals surface area contributed by atoms with Gasteiger partial charge in [0.1, 0.15) is 0 Å². The van der Waals surface area contributed by atoms with Crippen molar-refractivity contribution in [3.8, 4) is 0 Å². The molecule has 0 aromatic rings. The van der Waals surface area contributed by atoms with Crippen molar-refractivity contribution in [1.82, 2.24) is 0 Å². The van der Waals surface area contributed by atoms with Crippen molar-refractivity contribution in [1.29, 1.82) is 0 Å². The Bertz CT molecular complexity index is 225. The molecule has 0 spiro atoms. The molecule has 0 saturated carbocycles. The maximum absolute atomic E-state index is 11.9. The molecule has 0 N–H and O–H groups in total. The zero-order chi connectivity index (χ0) is 11.9. The minimum atomic E-state index is -3.13. The van der Waals surface area contributed by atoms with Gasteiger partial charge in [-0.15, -0.1) is 0 Å². The van der Waals surface area contributed by atoms with Crippen LogP contribution in [0, 0.1) is 0 Å². The summed E-state index contributed by atoms with van der Waals surface area (Å²) in [5, 5.41) is -0.194. The van der Waals surface area contributed by atoms with E-state index < -0.39 is 8.80 Å². The van der Waals surface area contributed by atoms with Gasteiger partial charge in [0.25, 0.3) is 0 Å². The lowest BCUT2D eigenvalue weighted by Gasteiger charge is -2.21. The molecule has 0 bridgehead atoms. The predicted octanol–water partition coefficient (Wildman–Crippen LogP) is 1.72. The molecule has 0 heterocycles. The van der Waals surface area contributed by atoms with Gasteiger partial charge in [-0.2, -0.15) is 0 Å². The van der Waals surface area contributed by atoms with E-state index in [0.29, 0.717) is 0 Å². The number of carbonyl (C=O) groups excluding carboxylic acids is 1. The smallest absolute Gasteiger partial charge is 0.372 e. The van der Waals surface area contributed by atoms with E-state index in [4.69, 9.17) is 13.3 Å². The molecule has 0 fully saturated rings. The lowest BCUT2D eigenvalue weighted by molar-refractivity contribution is -0.114. The molecular formula is C10H20O4Si. The molecule has 0 aliphatic heterocycles. The van der Waals surface area contributed by atoms with Crippen LogP contribution < -0.4 is 0 Å². The van der Waals surface area contributed by atoms with Gasteiger partial charge in [-0.1, -0.05) is 18.9 Å². The molecule has 0 radical (unpaired) electrons. The number of carbonyl (C=O) groups is 1. The highest BCUT2D eigenvalue weighted by Crippen LogP contribution is 2.11. The molecule has 0 rings (SSSR count). The van der Waals surface area contributed by atoms with E-state index in [1.54, 1.807) is 6.08 Å². The average molecular weight is 232 g/mol. The summed E-state index contributed by atoms with van der Waals surface area (Å²) in [6, 6.07) is 0. The first-order valence-electron chi connectivity index (χ1n) is 4.93. The minimum absolute atomic E-state index is 0.194. The van der Waals surface area contributed by atoms with E-state index in [0.717, 1.165) is 18.4 Å². The quantitative estimate of drug-likeness (QED) is 0.495. The number of allylic oxidation sites excluding steroid dienone is 2. The van der Waals surface area contributed by atoms with Crippen LogP contribution in [-0.2, 0) is 18.1 Å². The second kappa shape index (κ2) is 6.89. The van der Waals surface area contributed by atoms with E-state index >= 15 is 0 Å². The first kappa shape index (κ1) is 14.5. The Kier molecular flexibility index (Phi) is 6.67. The zero-order valence-electron chi connectivity index (χ0n) is 10.1. The van der Waals surface area contributed by atoms with Gasteiger partial charge in [0.2, 0.25) is 5.41 Å². The summed E-state index contributed by atoms with van der Waals surface area (Å²) in [6.07, 6.45) is 3.47. The van der Waals surface area contributed by atoms with Crippen LogP contribution in [0.1, 0.15) is 26.7 Å². The summed E-state index contributed by atoms with van der Waals surface area (Å²) >= 11 is 0. The van der Waals surface area contributed by atoms with E-state index in [9.17, 15) is 4.79 Å². The fourth-order valence-corrected chi connectivity index (χ4v) is 2.86. The summed E-state index contributed by atoms with van der Waals surface area (Å²) in [5.74, 6) is 0. The summed E-state index contributed by atoms with van der Waals surface area (Å²) in [5.41, 5.74) is 1.02. The maximum atomic E-state index is 11.9. The average Bonchev–Trinajstić information content (AvgIpc) is 2.21. The van der Waals surface area contributed by atoms with E-state index in [1.807, 2.05) is 6.92 Å². The Hall–Kier alpha value is -0.493. The van der Waals surface area contributed by atoms with Crippen LogP contribution >= 0.6 is 0 Å². The lowest BCUT2D eigenvalue weighted by atomic mass is 10.2. The molecule has 5 heteroatoms. The highest BCUT2D eigenvalue weighted by Gasteiger charge is 2.46. The second-order valence-electron chi connectivity index (χ2n) is 3.27. The van der Waals surface area contributed by atoms with Gasteiger partial charge in [0.15, 0.2) is 0 Å². The predicted molar refractivity (Wildman–Crippen MR) is 60.5 cm³/mol. The van der Waals surface area contributed by atoms with Crippen LogP contribution in [0.15, 0.2) is 11.6 Å². The number of hydrogen-bond donors (Lipinski definition) is 0. The van der Waals surface area contributed by atoms with Gasteiger partial charge < -0.3 is 13.3 Å². The molecule has 0 unspecified atom stereocenters. The van der Waals surface area contributed by atoms with E-state index in [-0.39, 0.29) is 5.41 Å². The molecule has 4 nitrogen and oxygen atoms in total. The molecule has 0 atom stereocenters. The molecule has 0 aliphatic carbocycles. The van der Waals surface area contributed by atoms with E-state index in [1.165, 1.54) is 21.3 Å². The van der Waals surface area contributed by atoms with Crippen LogP contribution in [0.25, 0.3) is 0 Å². The van der Waals surface area contributed by atoms with Crippen LogP contribution in [0.5, 0.6) is 0 Å². The first-order chi connectivity index (χ1) is 7.06. The standard InChI is InChI=1S/C10H20O4Si/c1-6-7-9(2)8-10(11)15(12-3,13-4)14-5/h8H,6-7H2,1-5H3. The van der Waals surface area contributed by atoms with Crippen molar-refractivity contribution in [2.45, 2.75) is 26.7 Å². The van der Waals surface area contributed by atoms with Crippen LogP contribution in [0.2, 0.25) is 0 Å². The van der Waals surface area contributed by atoms with Gasteiger partial charge >= 0.3 is 8.80 Å². The molecule has 0 amide bonds. The Balaban J connectivity index is 4.72. The van der Waals surface area contributed by atoms with Crippen molar-refractivity contribution in [2.24, 2.45) is 0 Å². The molecule has 0 aliphatic rings. The first-order valence-corrected chi connectivity index (χ1v) is 6.65. The van der Waals surface area contributed by atoms with Gasteiger partial charge in [-0.25, -0.2) is 0 Å². The SMILES string of the molecule is CCCC(C)=CC(=O)[Si](OC)(OC)OC. The van der Waals surface area contributed by atoms with Gasteiger partial charge in [-0.05, 0) is 19.4 Å². The molecule has 0 aromatic heterocycles. The third kappa shape index (κ3) is 3.87. The van der Waals surface area contributed by atoms with Crippen molar-refractivity contribution in [2.75, 3.05) is 21.3 Å². The van der Waals surface area contributed by atoms with Crippen LogP contribution in [0.3, 0.4) is 0 Å². The third-order valence-corrected chi connectivity index (χ3v) is 4.49. The van der Waals surface area contributed by atoms with Crippen LogP contribution in [-0.4, -0.2) is 35.5 Å². The van der Waals surface area contributed by atoms with Crippen molar-refractivity contribution in [3.05, 3.63) is 11.6 Å². The molecule has 0 aromatic carbocycles. The molecule has 88 valence electrons. The minimum Gasteiger partial charge on any atom is -0.372 e. The number of hydrogen-bond acceptors (Lipinski definition) is 4. The van der Waals surface area contributed by atoms with Crippen molar-refractivity contribution in [3.63, 3.8) is 0 Å². The maximum Gasteiger partial charge on any atom is 0.578 e. The third-order valence-electron chi connectivity index (χ3n) is 2.13. The summed E-state index contributed by atoms with van der Waals surface area (Å²) < 4.78 is 15.2. The molecule has 0 saturated heterocycles. The van der Waals surface area contributed by atoms with Crippen molar-refractivity contribution >= 4 is 14.2 Å². The fourth-order valence-electron chi connectivity index (χ4n) is 1.33. The van der Waals surface area contributed by atoms with Gasteiger partial charge in [-0.3, -0.25) is 4.79 Å². The summed E-state index contributed by atoms with van der Waals surface area (Å²) in [7, 11) is 1.16. The Morgan fingerprint density at radius 2 is 1.67 bits per heavy atom. The highest BCUT2D eigenvalue weighted by molar-refractivity contribution is 6.94. The van der Waals surface area contributed by atoms with Crippen molar-refractivity contribution < 1.29 is 18.1 Å². The monoisotopic (exact) mass is 232 g/mol. The Morgan fingerprint density at radius 1 is 1.20 bits per heavy atom. The topological polar surface area (TPSA) is 44.8 Å². The molecular weight excluding hydrogens is 212 g/mol. The Labute approximate surface area is 92.6 Å². The fraction of sp³-hybridized carbons (Fsp3) is 0.700. The second-order valence-corrected chi connectivity index (χ2v) is 6.10. The Morgan fingerprint density at radius 3 is 2.00 bits per heavy atom. The largest absolute Gasteiger partial charge is 0.578 e. The summed E-state index contributed by atoms with van der Waals surface area (Å²) in [6.45, 7) is 3.98. The van der Waals surface area contributed by atoms with E-state index in [2.05, 4.69) is 6.92 Å².